The molecule has 0 unspecified atom stereocenters. The van der Waals surface area contributed by atoms with Crippen LogP contribution >= 0.6 is 0 Å². The molecule has 6 heteroatoms. The third-order valence-electron chi connectivity index (χ3n) is 1.20. The van der Waals surface area contributed by atoms with E-state index < -0.39 is 29.9 Å². The summed E-state index contributed by atoms with van der Waals surface area (Å²) < 4.78 is 4.43. The molecule has 0 aromatic rings. The number of carboxylic acids is 2. The highest BCUT2D eigenvalue weighted by atomic mass is 16.5. The zero-order chi connectivity index (χ0) is 11.1. The van der Waals surface area contributed by atoms with Crippen molar-refractivity contribution in [2.45, 2.75) is 13.3 Å². The Labute approximate surface area is 79.8 Å². The van der Waals surface area contributed by atoms with E-state index in [1.54, 1.807) is 6.92 Å². The highest BCUT2D eigenvalue weighted by Crippen LogP contribution is 2.02. The van der Waals surface area contributed by atoms with Crippen LogP contribution in [0.4, 0.5) is 0 Å². The minimum Gasteiger partial charge on any atom is -0.481 e. The molecule has 0 aliphatic carbocycles. The molecule has 2 N–H and O–H groups in total. The van der Waals surface area contributed by atoms with Crippen molar-refractivity contribution in [3.63, 3.8) is 0 Å². The van der Waals surface area contributed by atoms with Crippen LogP contribution in [0.5, 0.6) is 0 Å². The molecule has 0 spiro atoms. The highest BCUT2D eigenvalue weighted by molar-refractivity contribution is 5.98. The van der Waals surface area contributed by atoms with Crippen molar-refractivity contribution in [3.05, 3.63) is 11.6 Å². The number of rotatable bonds is 5. The smallest absolute Gasteiger partial charge is 0.332 e. The molecule has 0 rings (SSSR count). The van der Waals surface area contributed by atoms with Gasteiger partial charge in [-0.05, 0) is 6.92 Å². The Hall–Kier alpha value is -1.85. The number of ether oxygens (including phenoxy) is 1. The fourth-order valence-corrected chi connectivity index (χ4v) is 0.677. The summed E-state index contributed by atoms with van der Waals surface area (Å²) in [6.07, 6.45) is -0.0475. The average molecular weight is 202 g/mol. The molecule has 78 valence electrons. The number of esters is 1. The van der Waals surface area contributed by atoms with E-state index in [1.807, 2.05) is 0 Å². The predicted octanol–water partition coefficient (Wildman–Crippen LogP) is 0.0352. The van der Waals surface area contributed by atoms with E-state index in [9.17, 15) is 14.4 Å². The number of aliphatic carboxylic acids is 2. The van der Waals surface area contributed by atoms with Crippen LogP contribution in [0.2, 0.25) is 0 Å². The minimum atomic E-state index is -1.44. The van der Waals surface area contributed by atoms with E-state index in [0.717, 1.165) is 0 Å². The quantitative estimate of drug-likeness (QED) is 0.482. The molecule has 0 aliphatic rings. The van der Waals surface area contributed by atoms with E-state index >= 15 is 0 Å². The van der Waals surface area contributed by atoms with E-state index in [1.165, 1.54) is 0 Å². The number of carbonyl (C=O) groups is 3. The van der Waals surface area contributed by atoms with Crippen LogP contribution in [0.3, 0.4) is 0 Å². The van der Waals surface area contributed by atoms with Gasteiger partial charge in [0.15, 0.2) is 0 Å². The summed E-state index contributed by atoms with van der Waals surface area (Å²) in [7, 11) is 0. The molecule has 0 atom stereocenters. The summed E-state index contributed by atoms with van der Waals surface area (Å²) in [6, 6.07) is 0. The monoisotopic (exact) mass is 202 g/mol. The maximum absolute atomic E-state index is 10.8. The topological polar surface area (TPSA) is 101 Å². The number of hydrogen-bond acceptors (Lipinski definition) is 4. The molecule has 6 nitrogen and oxygen atoms in total. The first kappa shape index (κ1) is 12.2. The highest BCUT2D eigenvalue weighted by Gasteiger charge is 2.13. The van der Waals surface area contributed by atoms with Crippen LogP contribution in [0.25, 0.3) is 0 Å². The van der Waals surface area contributed by atoms with Gasteiger partial charge in [0.25, 0.3) is 0 Å². The van der Waals surface area contributed by atoms with Crippen molar-refractivity contribution >= 4 is 17.9 Å². The van der Waals surface area contributed by atoms with Gasteiger partial charge in [0.1, 0.15) is 0 Å². The largest absolute Gasteiger partial charge is 0.481 e. The molecule has 0 aliphatic heterocycles. The summed E-state index contributed by atoms with van der Waals surface area (Å²) in [5.74, 6) is -3.62. The lowest BCUT2D eigenvalue weighted by Gasteiger charge is -1.98. The fourth-order valence-electron chi connectivity index (χ4n) is 0.677. The molecule has 0 radical (unpaired) electrons. The molecule has 0 saturated carbocycles. The van der Waals surface area contributed by atoms with E-state index in [-0.39, 0.29) is 6.61 Å². The number of carboxylic acid groups (broad SMARTS) is 2. The molecule has 0 aromatic carbocycles. The molecule has 0 aromatic heterocycles. The van der Waals surface area contributed by atoms with Gasteiger partial charge in [-0.1, -0.05) is 0 Å². The molecule has 0 fully saturated rings. The predicted molar refractivity (Wildman–Crippen MR) is 44.6 cm³/mol. The van der Waals surface area contributed by atoms with Crippen LogP contribution in [0, 0.1) is 0 Å². The second-order valence-corrected chi connectivity index (χ2v) is 2.30. The summed E-state index contributed by atoms with van der Waals surface area (Å²) in [6.45, 7) is 1.67. The first-order valence-electron chi connectivity index (χ1n) is 3.79. The normalized spacial score (nSPS) is 10.8. The van der Waals surface area contributed by atoms with Crippen molar-refractivity contribution in [1.29, 1.82) is 0 Å². The van der Waals surface area contributed by atoms with E-state index in [4.69, 9.17) is 10.2 Å². The van der Waals surface area contributed by atoms with Crippen molar-refractivity contribution in [2.24, 2.45) is 0 Å². The Balaban J connectivity index is 4.55. The number of carbonyl (C=O) groups excluding carboxylic acids is 1. The molecular weight excluding hydrogens is 192 g/mol. The van der Waals surface area contributed by atoms with Gasteiger partial charge in [0.2, 0.25) is 0 Å². The fraction of sp³-hybridized carbons (Fsp3) is 0.375. The van der Waals surface area contributed by atoms with Crippen LogP contribution in [-0.2, 0) is 19.1 Å². The van der Waals surface area contributed by atoms with E-state index in [0.29, 0.717) is 6.08 Å². The van der Waals surface area contributed by atoms with Crippen molar-refractivity contribution < 1.29 is 29.3 Å². The molecule has 0 heterocycles. The van der Waals surface area contributed by atoms with E-state index in [2.05, 4.69) is 4.74 Å². The van der Waals surface area contributed by atoms with Gasteiger partial charge in [0.05, 0.1) is 18.6 Å². The van der Waals surface area contributed by atoms with Gasteiger partial charge in [-0.15, -0.1) is 0 Å². The van der Waals surface area contributed by atoms with Crippen molar-refractivity contribution in [1.82, 2.24) is 0 Å². The minimum absolute atomic E-state index is 0.106. The van der Waals surface area contributed by atoms with Gasteiger partial charge >= 0.3 is 17.9 Å². The van der Waals surface area contributed by atoms with Crippen LogP contribution in [0.1, 0.15) is 13.3 Å². The molecule has 0 saturated heterocycles. The van der Waals surface area contributed by atoms with Gasteiger partial charge < -0.3 is 14.9 Å². The summed E-state index contributed by atoms with van der Waals surface area (Å²) in [5, 5.41) is 16.8. The third kappa shape index (κ3) is 4.91. The number of hydrogen-bond donors (Lipinski definition) is 2. The SMILES string of the molecule is CCOC(=O)C=C(CC(=O)O)C(=O)O. The maximum Gasteiger partial charge on any atom is 0.332 e. The maximum atomic E-state index is 10.8. The average Bonchev–Trinajstić information content (AvgIpc) is 2.02. The standard InChI is InChI=1S/C8H10O6/c1-2-14-7(11)4-5(8(12)13)3-6(9)10/h4H,2-3H2,1H3,(H,9,10)(H,12,13). The Morgan fingerprint density at radius 1 is 1.29 bits per heavy atom. The van der Waals surface area contributed by atoms with Gasteiger partial charge in [-0.3, -0.25) is 4.79 Å². The summed E-state index contributed by atoms with van der Waals surface area (Å²) >= 11 is 0. The van der Waals surface area contributed by atoms with Crippen LogP contribution in [-0.4, -0.2) is 34.7 Å². The van der Waals surface area contributed by atoms with Crippen molar-refractivity contribution in [3.8, 4) is 0 Å². The lowest BCUT2D eigenvalue weighted by atomic mass is 10.2. The Morgan fingerprint density at radius 2 is 1.86 bits per heavy atom. The zero-order valence-corrected chi connectivity index (χ0v) is 7.52. The molecular formula is C8H10O6. The first-order valence-corrected chi connectivity index (χ1v) is 3.79. The molecule has 0 amide bonds. The molecule has 0 bridgehead atoms. The summed E-state index contributed by atoms with van der Waals surface area (Å²) in [4.78, 5) is 31.4. The lowest BCUT2D eigenvalue weighted by Crippen LogP contribution is -2.10. The third-order valence-corrected chi connectivity index (χ3v) is 1.20. The Morgan fingerprint density at radius 3 is 2.21 bits per heavy atom. The lowest BCUT2D eigenvalue weighted by molar-refractivity contribution is -0.140. The van der Waals surface area contributed by atoms with Gasteiger partial charge in [0, 0.05) is 6.08 Å². The second kappa shape index (κ2) is 5.74. The van der Waals surface area contributed by atoms with Crippen molar-refractivity contribution in [2.75, 3.05) is 6.61 Å². The van der Waals surface area contributed by atoms with Crippen LogP contribution in [0.15, 0.2) is 11.6 Å². The van der Waals surface area contributed by atoms with Gasteiger partial charge in [-0.2, -0.15) is 0 Å². The molecule has 14 heavy (non-hydrogen) atoms. The van der Waals surface area contributed by atoms with Crippen LogP contribution < -0.4 is 0 Å². The Kier molecular flexibility index (Phi) is 4.98. The second-order valence-electron chi connectivity index (χ2n) is 2.30. The zero-order valence-electron chi connectivity index (χ0n) is 7.52. The summed E-state index contributed by atoms with van der Waals surface area (Å²) in [5.41, 5.74) is -0.504. The van der Waals surface area contributed by atoms with Gasteiger partial charge in [-0.25, -0.2) is 9.59 Å². The first-order chi connectivity index (χ1) is 6.47. The Bertz CT molecular complexity index is 278.